The highest BCUT2D eigenvalue weighted by molar-refractivity contribution is 5.95. The third-order valence-corrected chi connectivity index (χ3v) is 9.26. The number of benzene rings is 4. The SMILES string of the molecule is C[C@H](c1ccccc1)[C@@H](C(=O)N[C@@H](Cc1ccccc1)C(=O)O)N(C)C(=O)[C@@H]1Cc2ccccc2CN1C(=O)[C@@H](N)Cc1ccc(O)cc1. The maximum absolute atomic E-state index is 14.6. The summed E-state index contributed by atoms with van der Waals surface area (Å²) in [6, 6.07) is 28.0. The van der Waals surface area contributed by atoms with Gasteiger partial charge in [-0.2, -0.15) is 0 Å². The van der Waals surface area contributed by atoms with Crippen molar-refractivity contribution in [2.75, 3.05) is 7.05 Å². The molecular weight excluding hydrogens is 620 g/mol. The number of carboxylic acid groups (broad SMARTS) is 1. The molecule has 49 heavy (non-hydrogen) atoms. The summed E-state index contributed by atoms with van der Waals surface area (Å²) in [5.74, 6) is -3.12. The van der Waals surface area contributed by atoms with Gasteiger partial charge in [-0.05, 0) is 46.4 Å². The second-order valence-corrected chi connectivity index (χ2v) is 12.6. The molecule has 5 rings (SSSR count). The molecule has 10 nitrogen and oxygen atoms in total. The summed E-state index contributed by atoms with van der Waals surface area (Å²) in [6.45, 7) is 1.98. The molecule has 4 aromatic carbocycles. The third kappa shape index (κ3) is 8.33. The standard InChI is InChI=1S/C39H42N4O6/c1-25(28-13-7-4-8-14-28)35(36(45)41-33(39(48)49)22-26-11-5-3-6-12-26)42(2)38(47)34-23-29-15-9-10-16-30(29)24-43(34)37(46)32(40)21-27-17-19-31(44)20-18-27/h3-20,25,32-35,44H,21-24,40H2,1-2H3,(H,41,45)(H,48,49)/t25-,32+,33+,34+,35+/m1/s1. The lowest BCUT2D eigenvalue weighted by Gasteiger charge is -2.41. The topological polar surface area (TPSA) is 153 Å². The van der Waals surface area contributed by atoms with Crippen molar-refractivity contribution in [3.8, 4) is 5.75 Å². The van der Waals surface area contributed by atoms with Gasteiger partial charge in [0.2, 0.25) is 17.7 Å². The molecule has 0 saturated heterocycles. The lowest BCUT2D eigenvalue weighted by molar-refractivity contribution is -0.151. The summed E-state index contributed by atoms with van der Waals surface area (Å²) in [7, 11) is 1.53. The molecule has 1 aliphatic heterocycles. The highest BCUT2D eigenvalue weighted by Crippen LogP contribution is 2.29. The van der Waals surface area contributed by atoms with Gasteiger partial charge in [-0.3, -0.25) is 14.4 Å². The van der Waals surface area contributed by atoms with Gasteiger partial charge in [0.1, 0.15) is 23.9 Å². The highest BCUT2D eigenvalue weighted by atomic mass is 16.4. The van der Waals surface area contributed by atoms with Crippen molar-refractivity contribution in [3.63, 3.8) is 0 Å². The van der Waals surface area contributed by atoms with Crippen LogP contribution in [0, 0.1) is 0 Å². The largest absolute Gasteiger partial charge is 0.508 e. The predicted octanol–water partition coefficient (Wildman–Crippen LogP) is 3.66. The first-order valence-corrected chi connectivity index (χ1v) is 16.3. The monoisotopic (exact) mass is 662 g/mol. The number of hydrogen-bond acceptors (Lipinski definition) is 6. The van der Waals surface area contributed by atoms with E-state index in [2.05, 4.69) is 5.32 Å². The number of rotatable bonds is 12. The van der Waals surface area contributed by atoms with Crippen LogP contribution in [0.15, 0.2) is 109 Å². The molecule has 0 spiro atoms. The van der Waals surface area contributed by atoms with Gasteiger partial charge in [-0.1, -0.05) is 104 Å². The molecule has 1 heterocycles. The van der Waals surface area contributed by atoms with Crippen molar-refractivity contribution < 1.29 is 29.4 Å². The van der Waals surface area contributed by atoms with E-state index in [0.29, 0.717) is 0 Å². The van der Waals surface area contributed by atoms with Crippen molar-refractivity contribution >= 4 is 23.7 Å². The zero-order chi connectivity index (χ0) is 35.1. The molecule has 1 aliphatic rings. The number of carbonyl (C=O) groups is 4. The molecule has 0 saturated carbocycles. The minimum Gasteiger partial charge on any atom is -0.508 e. The first kappa shape index (κ1) is 34.8. The van der Waals surface area contributed by atoms with Crippen LogP contribution in [0.4, 0.5) is 0 Å². The Morgan fingerprint density at radius 3 is 2.04 bits per heavy atom. The van der Waals surface area contributed by atoms with Crippen LogP contribution in [0.5, 0.6) is 5.75 Å². The molecule has 10 heteroatoms. The van der Waals surface area contributed by atoms with Crippen LogP contribution in [0.3, 0.4) is 0 Å². The van der Waals surface area contributed by atoms with Gasteiger partial charge >= 0.3 is 5.97 Å². The minimum absolute atomic E-state index is 0.0621. The molecular formula is C39H42N4O6. The number of carboxylic acids is 1. The Balaban J connectivity index is 1.45. The molecule has 0 radical (unpaired) electrons. The van der Waals surface area contributed by atoms with E-state index in [0.717, 1.165) is 27.8 Å². The number of phenolic OH excluding ortho intramolecular Hbond substituents is 1. The third-order valence-electron chi connectivity index (χ3n) is 9.26. The van der Waals surface area contributed by atoms with E-state index in [1.165, 1.54) is 29.0 Å². The van der Waals surface area contributed by atoms with Gasteiger partial charge < -0.3 is 31.1 Å². The molecule has 0 aromatic heterocycles. The Morgan fingerprint density at radius 2 is 1.41 bits per heavy atom. The maximum atomic E-state index is 14.6. The number of aliphatic carboxylic acids is 1. The molecule has 3 amide bonds. The van der Waals surface area contributed by atoms with E-state index in [-0.39, 0.29) is 31.6 Å². The van der Waals surface area contributed by atoms with Crippen molar-refractivity contribution in [3.05, 3.63) is 137 Å². The molecule has 5 N–H and O–H groups in total. The Kier molecular flexibility index (Phi) is 11.1. The van der Waals surface area contributed by atoms with Gasteiger partial charge in [0.05, 0.1) is 6.04 Å². The summed E-state index contributed by atoms with van der Waals surface area (Å²) >= 11 is 0. The van der Waals surface area contributed by atoms with Crippen LogP contribution in [0.25, 0.3) is 0 Å². The Labute approximate surface area is 286 Å². The molecule has 5 atom stereocenters. The Morgan fingerprint density at radius 1 is 0.837 bits per heavy atom. The quantitative estimate of drug-likeness (QED) is 0.181. The number of amides is 3. The van der Waals surface area contributed by atoms with E-state index >= 15 is 0 Å². The van der Waals surface area contributed by atoms with Crippen LogP contribution in [-0.2, 0) is 45.0 Å². The number of fused-ring (bicyclic) bond motifs is 1. The van der Waals surface area contributed by atoms with Crippen molar-refractivity contribution in [1.82, 2.24) is 15.1 Å². The zero-order valence-corrected chi connectivity index (χ0v) is 27.6. The van der Waals surface area contributed by atoms with E-state index in [4.69, 9.17) is 5.73 Å². The molecule has 254 valence electrons. The fourth-order valence-corrected chi connectivity index (χ4v) is 6.52. The second kappa shape index (κ2) is 15.6. The van der Waals surface area contributed by atoms with E-state index in [9.17, 15) is 29.4 Å². The number of carbonyl (C=O) groups excluding carboxylic acids is 3. The molecule has 0 aliphatic carbocycles. The van der Waals surface area contributed by atoms with Crippen LogP contribution >= 0.6 is 0 Å². The molecule has 0 unspecified atom stereocenters. The molecule has 0 fully saturated rings. The Hall–Kier alpha value is -5.48. The molecule has 4 aromatic rings. The lowest BCUT2D eigenvalue weighted by Crippen LogP contribution is -2.61. The number of phenols is 1. The molecule has 0 bridgehead atoms. The van der Waals surface area contributed by atoms with Gasteiger partial charge in [0, 0.05) is 32.4 Å². The van der Waals surface area contributed by atoms with Crippen molar-refractivity contribution in [1.29, 1.82) is 0 Å². The fourth-order valence-electron chi connectivity index (χ4n) is 6.52. The van der Waals surface area contributed by atoms with Gasteiger partial charge in [-0.15, -0.1) is 0 Å². The fraction of sp³-hybridized carbons (Fsp3) is 0.282. The van der Waals surface area contributed by atoms with Crippen LogP contribution in [-0.4, -0.2) is 74.9 Å². The normalized spacial score (nSPS) is 16.4. The average Bonchev–Trinajstić information content (AvgIpc) is 3.11. The predicted molar refractivity (Wildman–Crippen MR) is 185 cm³/mol. The number of nitrogens with two attached hydrogens (primary N) is 1. The van der Waals surface area contributed by atoms with Gasteiger partial charge in [0.25, 0.3) is 0 Å². The lowest BCUT2D eigenvalue weighted by atomic mass is 9.89. The summed E-state index contributed by atoms with van der Waals surface area (Å²) in [5, 5.41) is 22.4. The van der Waals surface area contributed by atoms with Gasteiger partial charge in [-0.25, -0.2) is 4.79 Å². The van der Waals surface area contributed by atoms with Gasteiger partial charge in [0.15, 0.2) is 0 Å². The summed E-state index contributed by atoms with van der Waals surface area (Å²) < 4.78 is 0. The maximum Gasteiger partial charge on any atom is 0.326 e. The smallest absolute Gasteiger partial charge is 0.326 e. The first-order valence-electron chi connectivity index (χ1n) is 16.3. The van der Waals surface area contributed by atoms with E-state index in [1.807, 2.05) is 67.6 Å². The van der Waals surface area contributed by atoms with Crippen LogP contribution in [0.2, 0.25) is 0 Å². The van der Waals surface area contributed by atoms with E-state index < -0.39 is 53.8 Å². The minimum atomic E-state index is -1.23. The number of nitrogens with one attached hydrogen (secondary N) is 1. The first-order chi connectivity index (χ1) is 23.5. The van der Waals surface area contributed by atoms with Crippen molar-refractivity contribution in [2.45, 2.75) is 62.8 Å². The second-order valence-electron chi connectivity index (χ2n) is 12.6. The summed E-state index contributed by atoms with van der Waals surface area (Å²) in [4.78, 5) is 57.9. The Bertz CT molecular complexity index is 1770. The van der Waals surface area contributed by atoms with Crippen LogP contribution < -0.4 is 11.1 Å². The average molecular weight is 663 g/mol. The number of aromatic hydroxyl groups is 1. The number of nitrogens with zero attached hydrogens (tertiary/aromatic N) is 2. The number of likely N-dealkylation sites (N-methyl/N-ethyl adjacent to an activating group) is 1. The number of hydrogen-bond donors (Lipinski definition) is 4. The summed E-state index contributed by atoms with van der Waals surface area (Å²) in [6.07, 6.45) is 0.478. The summed E-state index contributed by atoms with van der Waals surface area (Å²) in [5.41, 5.74) is 10.6. The zero-order valence-electron chi connectivity index (χ0n) is 27.6. The van der Waals surface area contributed by atoms with Crippen molar-refractivity contribution in [2.24, 2.45) is 5.73 Å². The van der Waals surface area contributed by atoms with Crippen LogP contribution in [0.1, 0.15) is 40.7 Å². The highest BCUT2D eigenvalue weighted by Gasteiger charge is 2.42. The van der Waals surface area contributed by atoms with E-state index in [1.54, 1.807) is 36.4 Å².